The maximum absolute atomic E-state index is 13.4. The van der Waals surface area contributed by atoms with Crippen molar-refractivity contribution in [2.45, 2.75) is 17.9 Å². The molecule has 0 unspecified atom stereocenters. The molecule has 0 amide bonds. The predicted molar refractivity (Wildman–Crippen MR) is 115 cm³/mol. The van der Waals surface area contributed by atoms with Crippen molar-refractivity contribution >= 4 is 5.57 Å². The Bertz CT molecular complexity index is 1060. The Balaban J connectivity index is 1.66. The summed E-state index contributed by atoms with van der Waals surface area (Å²) in [7, 11) is 0. The Morgan fingerprint density at radius 1 is 0.900 bits per heavy atom. The van der Waals surface area contributed by atoms with Gasteiger partial charge in [-0.15, -0.1) is 5.73 Å². The molecule has 1 saturated heterocycles. The lowest BCUT2D eigenvalue weighted by Crippen LogP contribution is -2.60. The molecule has 1 aliphatic carbocycles. The molecule has 150 valence electrons. The van der Waals surface area contributed by atoms with E-state index in [1.807, 2.05) is 36.4 Å². The van der Waals surface area contributed by atoms with Gasteiger partial charge in [-0.1, -0.05) is 72.8 Å². The van der Waals surface area contributed by atoms with E-state index in [4.69, 9.17) is 4.74 Å². The molecule has 1 aliphatic heterocycles. The van der Waals surface area contributed by atoms with Crippen molar-refractivity contribution in [2.75, 3.05) is 13.2 Å². The van der Waals surface area contributed by atoms with Crippen LogP contribution in [0.5, 0.6) is 0 Å². The van der Waals surface area contributed by atoms with Gasteiger partial charge in [-0.05, 0) is 35.2 Å². The van der Waals surface area contributed by atoms with Crippen LogP contribution in [0.3, 0.4) is 0 Å². The number of aliphatic hydroxyl groups is 1. The van der Waals surface area contributed by atoms with Gasteiger partial charge in [0.1, 0.15) is 11.4 Å². The van der Waals surface area contributed by atoms with E-state index < -0.39 is 5.60 Å². The molecule has 1 saturated carbocycles. The summed E-state index contributed by atoms with van der Waals surface area (Å²) in [6, 6.07) is 26.7. The minimum atomic E-state index is -1.02. The highest BCUT2D eigenvalue weighted by molar-refractivity contribution is 5.79. The van der Waals surface area contributed by atoms with Gasteiger partial charge in [0.15, 0.2) is 0 Å². The molecule has 0 spiro atoms. The molecule has 3 atom stereocenters. The van der Waals surface area contributed by atoms with Gasteiger partial charge in [0.05, 0.1) is 13.2 Å². The molecule has 1 heterocycles. The van der Waals surface area contributed by atoms with E-state index in [0.717, 1.165) is 34.3 Å². The summed E-state index contributed by atoms with van der Waals surface area (Å²) >= 11 is 0. The van der Waals surface area contributed by atoms with Crippen molar-refractivity contribution in [1.29, 1.82) is 0 Å². The SMILES string of the molecule is O[C@@]12C(=C=C(c3ccccc3)c3ccccc3)COC[C@@H]1C[C@@H]2c1ccc(F)cc1. The highest BCUT2D eigenvalue weighted by atomic mass is 19.1. The minimum absolute atomic E-state index is 0.0246. The Kier molecular flexibility index (Phi) is 4.88. The zero-order valence-electron chi connectivity index (χ0n) is 16.6. The molecule has 2 aliphatic rings. The molecule has 0 bridgehead atoms. The monoisotopic (exact) mass is 398 g/mol. The van der Waals surface area contributed by atoms with Gasteiger partial charge in [-0.3, -0.25) is 0 Å². The minimum Gasteiger partial charge on any atom is -0.384 e. The Morgan fingerprint density at radius 2 is 1.50 bits per heavy atom. The molecular weight excluding hydrogens is 375 g/mol. The Hall–Kier alpha value is -2.97. The van der Waals surface area contributed by atoms with Crippen LogP contribution in [0.15, 0.2) is 96.2 Å². The van der Waals surface area contributed by atoms with E-state index in [0.29, 0.717) is 13.2 Å². The third-order valence-electron chi connectivity index (χ3n) is 6.40. The summed E-state index contributed by atoms with van der Waals surface area (Å²) in [5.74, 6) is -0.321. The summed E-state index contributed by atoms with van der Waals surface area (Å²) in [5, 5.41) is 11.8. The number of benzene rings is 3. The number of fused-ring (bicyclic) bond motifs is 1. The zero-order valence-corrected chi connectivity index (χ0v) is 16.6. The van der Waals surface area contributed by atoms with Crippen LogP contribution in [-0.4, -0.2) is 23.9 Å². The number of halogens is 1. The predicted octanol–water partition coefficient (Wildman–Crippen LogP) is 5.35. The normalized spacial score (nSPS) is 25.1. The first-order valence-corrected chi connectivity index (χ1v) is 10.3. The summed E-state index contributed by atoms with van der Waals surface area (Å²) in [4.78, 5) is 0. The van der Waals surface area contributed by atoms with Crippen molar-refractivity contribution < 1.29 is 14.2 Å². The van der Waals surface area contributed by atoms with Gasteiger partial charge >= 0.3 is 0 Å². The van der Waals surface area contributed by atoms with Gasteiger partial charge in [0.2, 0.25) is 0 Å². The van der Waals surface area contributed by atoms with E-state index in [1.165, 1.54) is 12.1 Å². The van der Waals surface area contributed by atoms with Gasteiger partial charge in [-0.2, -0.15) is 0 Å². The molecule has 0 radical (unpaired) electrons. The standard InChI is InChI=1S/C27H23FO2/c28-24-13-11-21(12-14-24)26-16-23-18-30-17-22(27(23,26)29)15-25(19-7-3-1-4-8-19)20-9-5-2-6-10-20/h1-14,23,26,29H,16-18H2/t23-,26+,27-/m0/s1. The van der Waals surface area contributed by atoms with Crippen LogP contribution < -0.4 is 0 Å². The lowest BCUT2D eigenvalue weighted by atomic mass is 9.55. The first kappa shape index (κ1) is 19.0. The maximum Gasteiger partial charge on any atom is 0.123 e. The van der Waals surface area contributed by atoms with E-state index in [9.17, 15) is 9.50 Å². The van der Waals surface area contributed by atoms with Gasteiger partial charge in [0.25, 0.3) is 0 Å². The highest BCUT2D eigenvalue weighted by Gasteiger charge is 2.58. The fourth-order valence-electron chi connectivity index (χ4n) is 4.73. The number of hydrogen-bond acceptors (Lipinski definition) is 2. The molecule has 3 aromatic carbocycles. The molecule has 5 rings (SSSR count). The van der Waals surface area contributed by atoms with Crippen LogP contribution >= 0.6 is 0 Å². The largest absolute Gasteiger partial charge is 0.384 e. The van der Waals surface area contributed by atoms with Crippen LogP contribution in [0.4, 0.5) is 4.39 Å². The van der Waals surface area contributed by atoms with E-state index in [-0.39, 0.29) is 17.7 Å². The number of rotatable bonds is 3. The first-order chi connectivity index (χ1) is 14.7. The molecule has 2 fully saturated rings. The fraction of sp³-hybridized carbons (Fsp3) is 0.222. The first-order valence-electron chi connectivity index (χ1n) is 10.3. The van der Waals surface area contributed by atoms with Gasteiger partial charge in [0, 0.05) is 23.0 Å². The van der Waals surface area contributed by atoms with Crippen LogP contribution in [0.2, 0.25) is 0 Å². The summed E-state index contributed by atoms with van der Waals surface area (Å²) in [6.07, 6.45) is 0.819. The summed E-state index contributed by atoms with van der Waals surface area (Å²) in [5.41, 5.74) is 7.28. The number of ether oxygens (including phenoxy) is 1. The smallest absolute Gasteiger partial charge is 0.123 e. The van der Waals surface area contributed by atoms with Crippen LogP contribution in [-0.2, 0) is 4.74 Å². The van der Waals surface area contributed by atoms with Crippen molar-refractivity contribution in [1.82, 2.24) is 0 Å². The highest BCUT2D eigenvalue weighted by Crippen LogP contribution is 2.56. The molecular formula is C27H23FO2. The second-order valence-corrected chi connectivity index (χ2v) is 8.09. The van der Waals surface area contributed by atoms with Crippen molar-refractivity contribution in [3.8, 4) is 0 Å². The Labute approximate surface area is 176 Å². The summed E-state index contributed by atoms with van der Waals surface area (Å²) in [6.45, 7) is 0.874. The van der Waals surface area contributed by atoms with E-state index in [1.54, 1.807) is 12.1 Å². The second kappa shape index (κ2) is 7.70. The van der Waals surface area contributed by atoms with Crippen molar-refractivity contribution in [3.05, 3.63) is 119 Å². The van der Waals surface area contributed by atoms with Crippen molar-refractivity contribution in [2.24, 2.45) is 5.92 Å². The van der Waals surface area contributed by atoms with Crippen LogP contribution in [0, 0.1) is 11.7 Å². The van der Waals surface area contributed by atoms with Crippen LogP contribution in [0.25, 0.3) is 5.57 Å². The fourth-order valence-corrected chi connectivity index (χ4v) is 4.73. The van der Waals surface area contributed by atoms with E-state index in [2.05, 4.69) is 30.0 Å². The average molecular weight is 398 g/mol. The lowest BCUT2D eigenvalue weighted by Gasteiger charge is -2.55. The maximum atomic E-state index is 13.4. The van der Waals surface area contributed by atoms with Crippen molar-refractivity contribution in [3.63, 3.8) is 0 Å². The second-order valence-electron chi connectivity index (χ2n) is 8.09. The van der Waals surface area contributed by atoms with Gasteiger partial charge in [-0.25, -0.2) is 4.39 Å². The number of hydrogen-bond donors (Lipinski definition) is 1. The zero-order chi connectivity index (χ0) is 20.6. The average Bonchev–Trinajstić information content (AvgIpc) is 2.78. The molecule has 2 nitrogen and oxygen atoms in total. The lowest BCUT2D eigenvalue weighted by molar-refractivity contribution is -0.146. The van der Waals surface area contributed by atoms with Gasteiger partial charge < -0.3 is 9.84 Å². The molecule has 3 heteroatoms. The summed E-state index contributed by atoms with van der Waals surface area (Å²) < 4.78 is 19.2. The van der Waals surface area contributed by atoms with Crippen LogP contribution in [0.1, 0.15) is 29.0 Å². The molecule has 0 aromatic heterocycles. The third kappa shape index (κ3) is 3.22. The topological polar surface area (TPSA) is 29.5 Å². The quantitative estimate of drug-likeness (QED) is 0.603. The Morgan fingerprint density at radius 3 is 2.10 bits per heavy atom. The van der Waals surface area contributed by atoms with E-state index >= 15 is 0 Å². The molecule has 3 aromatic rings. The third-order valence-corrected chi connectivity index (χ3v) is 6.40. The molecule has 1 N–H and O–H groups in total. The molecule has 30 heavy (non-hydrogen) atoms.